The van der Waals surface area contributed by atoms with E-state index in [2.05, 4.69) is 32.0 Å². The predicted molar refractivity (Wildman–Crippen MR) is 172 cm³/mol. The number of fused-ring (bicyclic) bond motifs is 2. The molecule has 4 aromatic carbocycles. The van der Waals surface area contributed by atoms with Gasteiger partial charge in [-0.2, -0.15) is 4.31 Å². The number of sulfonamides is 1. The molecule has 2 aliphatic rings. The summed E-state index contributed by atoms with van der Waals surface area (Å²) in [7, 11) is -3.73. The molecular weight excluding hydrogens is 636 g/mol. The fraction of sp³-hybridized carbons (Fsp3) is 0.389. The molecule has 0 atom stereocenters. The smallest absolute Gasteiger partial charge is 0.243 e. The zero-order valence-corrected chi connectivity index (χ0v) is 28.2. The Morgan fingerprint density at radius 1 is 0.750 bits per heavy atom. The first kappa shape index (κ1) is 32.5. The van der Waals surface area contributed by atoms with E-state index < -0.39 is 10.0 Å². The number of likely N-dealkylation sites (tertiary alicyclic amines) is 1. The summed E-state index contributed by atoms with van der Waals surface area (Å²) >= 11 is 0. The van der Waals surface area contributed by atoms with E-state index in [-0.39, 0.29) is 23.5 Å². The summed E-state index contributed by atoms with van der Waals surface area (Å²) in [6.45, 7) is 10.7. The molecule has 0 N–H and O–H groups in total. The quantitative estimate of drug-likeness (QED) is 0.178. The van der Waals surface area contributed by atoms with E-state index in [1.54, 1.807) is 16.4 Å². The summed E-state index contributed by atoms with van der Waals surface area (Å²) in [5, 5.41) is 1.96. The van der Waals surface area contributed by atoms with Crippen molar-refractivity contribution in [2.45, 2.75) is 57.5 Å². The number of rotatable bonds is 11. The Morgan fingerprint density at radius 3 is 2.20 bits per heavy atom. The van der Waals surface area contributed by atoms with E-state index in [1.165, 1.54) is 42.6 Å². The Balaban J connectivity index is 0.00000384. The van der Waals surface area contributed by atoms with Crippen LogP contribution in [0, 0.1) is 13.8 Å². The number of unbranched alkanes of at least 4 members (excludes halogenated alkanes) is 1. The molecule has 4 aromatic rings. The number of aryl methyl sites for hydroxylation is 2. The molecule has 0 saturated carbocycles. The lowest BCUT2D eigenvalue weighted by Gasteiger charge is -2.35. The van der Waals surface area contributed by atoms with E-state index in [0.29, 0.717) is 36.2 Å². The number of hydrogen-bond donors (Lipinski definition) is 0. The highest BCUT2D eigenvalue weighted by Crippen LogP contribution is 2.32. The van der Waals surface area contributed by atoms with Crippen molar-refractivity contribution in [3.8, 4) is 11.5 Å². The van der Waals surface area contributed by atoms with Crippen molar-refractivity contribution in [3.05, 3.63) is 101 Å². The molecular formula is C36H43BrN2O4S. The van der Waals surface area contributed by atoms with E-state index in [1.807, 2.05) is 48.5 Å². The third kappa shape index (κ3) is 7.48. The fourth-order valence-electron chi connectivity index (χ4n) is 6.90. The summed E-state index contributed by atoms with van der Waals surface area (Å²) in [6.07, 6.45) is 4.31. The minimum atomic E-state index is -3.73. The number of hydrogen-bond acceptors (Lipinski definition) is 4. The van der Waals surface area contributed by atoms with Crippen LogP contribution < -0.4 is 26.5 Å². The van der Waals surface area contributed by atoms with Gasteiger partial charge in [-0.05, 0) is 67.3 Å². The van der Waals surface area contributed by atoms with E-state index in [0.717, 1.165) is 46.8 Å². The first-order chi connectivity index (χ1) is 20.8. The van der Waals surface area contributed by atoms with Gasteiger partial charge in [-0.25, -0.2) is 8.42 Å². The lowest BCUT2D eigenvalue weighted by atomic mass is 10.1. The largest absolute Gasteiger partial charge is 1.00 e. The maximum Gasteiger partial charge on any atom is 0.243 e. The molecule has 234 valence electrons. The highest BCUT2D eigenvalue weighted by molar-refractivity contribution is 7.89. The van der Waals surface area contributed by atoms with Crippen molar-refractivity contribution < 1.29 is 39.4 Å². The van der Waals surface area contributed by atoms with Crippen molar-refractivity contribution >= 4 is 20.8 Å². The van der Waals surface area contributed by atoms with E-state index in [9.17, 15) is 8.42 Å². The number of halogens is 1. The zero-order chi connectivity index (χ0) is 29.9. The molecule has 6 nitrogen and oxygen atoms in total. The second-order valence-corrected chi connectivity index (χ2v) is 14.3. The van der Waals surface area contributed by atoms with Gasteiger partial charge in [0.1, 0.15) is 19.8 Å². The van der Waals surface area contributed by atoms with Gasteiger partial charge in [-0.15, -0.1) is 0 Å². The van der Waals surface area contributed by atoms with Gasteiger partial charge >= 0.3 is 0 Å². The van der Waals surface area contributed by atoms with Crippen molar-refractivity contribution in [3.63, 3.8) is 0 Å². The third-order valence-corrected chi connectivity index (χ3v) is 10.8. The molecule has 44 heavy (non-hydrogen) atoms. The minimum Gasteiger partial charge on any atom is -1.00 e. The molecule has 0 aromatic heterocycles. The van der Waals surface area contributed by atoms with E-state index >= 15 is 0 Å². The highest BCUT2D eigenvalue weighted by Gasteiger charge is 2.32. The van der Waals surface area contributed by atoms with Crippen molar-refractivity contribution in [2.75, 3.05) is 39.4 Å². The number of benzene rings is 4. The van der Waals surface area contributed by atoms with Crippen LogP contribution in [-0.4, -0.2) is 56.6 Å². The lowest BCUT2D eigenvalue weighted by Crippen LogP contribution is -3.00. The molecule has 0 bridgehead atoms. The zero-order valence-electron chi connectivity index (χ0n) is 25.8. The average molecular weight is 680 g/mol. The fourth-order valence-corrected chi connectivity index (χ4v) is 8.40. The summed E-state index contributed by atoms with van der Waals surface area (Å²) < 4.78 is 42.6. The molecule has 1 saturated heterocycles. The van der Waals surface area contributed by atoms with Gasteiger partial charge in [-0.3, -0.25) is 0 Å². The van der Waals surface area contributed by atoms with Crippen LogP contribution in [0.2, 0.25) is 0 Å². The molecule has 2 aliphatic heterocycles. The monoisotopic (exact) mass is 678 g/mol. The SMILES string of the molecule is Cc1cc(C)cc(C[N+]2(CCCCN(Cc3ccc4c(c3)OCCO4)S(=O)(=O)c3ccc4ccccc4c3)CCCC2)c1.[Br-]. The van der Waals surface area contributed by atoms with Gasteiger partial charge in [0.15, 0.2) is 11.5 Å². The summed E-state index contributed by atoms with van der Waals surface area (Å²) in [6, 6.07) is 26.0. The second kappa shape index (κ2) is 14.0. The van der Waals surface area contributed by atoms with Gasteiger partial charge in [0.2, 0.25) is 10.0 Å². The topological polar surface area (TPSA) is 55.8 Å². The molecule has 0 unspecified atom stereocenters. The van der Waals surface area contributed by atoms with Crippen LogP contribution in [0.5, 0.6) is 11.5 Å². The van der Waals surface area contributed by atoms with Crippen LogP contribution >= 0.6 is 0 Å². The normalized spacial score (nSPS) is 15.8. The minimum absolute atomic E-state index is 0. The van der Waals surface area contributed by atoms with Gasteiger partial charge in [0, 0.05) is 31.5 Å². The first-order valence-electron chi connectivity index (χ1n) is 15.6. The predicted octanol–water partition coefficient (Wildman–Crippen LogP) is 4.01. The Bertz CT molecular complexity index is 1680. The Kier molecular flexibility index (Phi) is 10.4. The van der Waals surface area contributed by atoms with Crippen molar-refractivity contribution in [1.29, 1.82) is 0 Å². The second-order valence-electron chi connectivity index (χ2n) is 12.4. The first-order valence-corrected chi connectivity index (χ1v) is 17.0. The van der Waals surface area contributed by atoms with Crippen molar-refractivity contribution in [1.82, 2.24) is 4.31 Å². The van der Waals surface area contributed by atoms with Gasteiger partial charge < -0.3 is 30.9 Å². The van der Waals surface area contributed by atoms with Crippen LogP contribution in [0.15, 0.2) is 83.8 Å². The average Bonchev–Trinajstić information content (AvgIpc) is 3.46. The molecule has 0 aliphatic carbocycles. The lowest BCUT2D eigenvalue weighted by molar-refractivity contribution is -0.929. The molecule has 0 spiro atoms. The van der Waals surface area contributed by atoms with Gasteiger partial charge in [0.25, 0.3) is 0 Å². The molecule has 6 rings (SSSR count). The van der Waals surface area contributed by atoms with Crippen LogP contribution in [0.1, 0.15) is 47.9 Å². The molecule has 0 radical (unpaired) electrons. The van der Waals surface area contributed by atoms with Crippen LogP contribution in [0.4, 0.5) is 0 Å². The molecule has 1 fully saturated rings. The third-order valence-electron chi connectivity index (χ3n) is 8.93. The molecule has 0 amide bonds. The molecule has 2 heterocycles. The van der Waals surface area contributed by atoms with Gasteiger partial charge in [0.05, 0.1) is 24.5 Å². The van der Waals surface area contributed by atoms with Gasteiger partial charge in [-0.1, -0.05) is 65.7 Å². The Hall–Kier alpha value is -2.91. The van der Waals surface area contributed by atoms with Crippen LogP contribution in [0.25, 0.3) is 10.8 Å². The summed E-state index contributed by atoms with van der Waals surface area (Å²) in [5.74, 6) is 1.39. The maximum absolute atomic E-state index is 14.2. The highest BCUT2D eigenvalue weighted by atomic mass is 79.9. The number of ether oxygens (including phenoxy) is 2. The summed E-state index contributed by atoms with van der Waals surface area (Å²) in [4.78, 5) is 0.335. The Labute approximate surface area is 273 Å². The van der Waals surface area contributed by atoms with Crippen LogP contribution in [0.3, 0.4) is 0 Å². The van der Waals surface area contributed by atoms with E-state index in [4.69, 9.17) is 9.47 Å². The standard InChI is InChI=1S/C36H43N2O4S.BrH/c1-28-21-29(2)23-31(22-28)27-38(17-7-8-18-38)16-6-5-15-37(26-30-11-14-35-36(24-30)42-20-19-41-35)43(39,40)34-13-12-32-9-3-4-10-33(32)25-34;/h3-4,9-14,21-25H,5-8,15-20,26-27H2,1-2H3;1H/q+1;/p-1. The maximum atomic E-state index is 14.2. The summed E-state index contributed by atoms with van der Waals surface area (Å²) in [5.41, 5.74) is 4.95. The van der Waals surface area contributed by atoms with Crippen LogP contribution in [-0.2, 0) is 23.1 Å². The number of nitrogens with zero attached hydrogens (tertiary/aromatic N) is 2. The molecule has 8 heteroatoms. The number of quaternary nitrogens is 1. The van der Waals surface area contributed by atoms with Crippen molar-refractivity contribution in [2.24, 2.45) is 0 Å². The Morgan fingerprint density at radius 2 is 1.45 bits per heavy atom.